The molecular weight excluding hydrogens is 274 g/mol. The van der Waals surface area contributed by atoms with Gasteiger partial charge in [0.15, 0.2) is 11.6 Å². The van der Waals surface area contributed by atoms with Crippen molar-refractivity contribution in [1.29, 1.82) is 0 Å². The van der Waals surface area contributed by atoms with Crippen molar-refractivity contribution in [2.75, 3.05) is 0 Å². The molecule has 0 amide bonds. The van der Waals surface area contributed by atoms with Crippen molar-refractivity contribution in [3.63, 3.8) is 0 Å². The lowest BCUT2D eigenvalue weighted by molar-refractivity contribution is 0.295. The number of H-pyrrole nitrogens is 1. The van der Waals surface area contributed by atoms with E-state index < -0.39 is 11.6 Å². The van der Waals surface area contributed by atoms with Gasteiger partial charge in [-0.2, -0.15) is 0 Å². The Balaban J connectivity index is 1.84. The smallest absolute Gasteiger partial charge is 0.161 e. The van der Waals surface area contributed by atoms with Crippen molar-refractivity contribution < 1.29 is 13.5 Å². The molecule has 5 heteroatoms. The van der Waals surface area contributed by atoms with Gasteiger partial charge in [0.25, 0.3) is 0 Å². The molecule has 0 aliphatic rings. The first kappa shape index (κ1) is 13.5. The predicted molar refractivity (Wildman–Crippen MR) is 76.3 cm³/mol. The summed E-state index contributed by atoms with van der Waals surface area (Å²) in [4.78, 5) is 7.12. The molecule has 1 aromatic heterocycles. The number of fused-ring (bicyclic) bond motifs is 1. The highest BCUT2D eigenvalue weighted by molar-refractivity contribution is 5.75. The van der Waals surface area contributed by atoms with Crippen LogP contribution in [0.4, 0.5) is 8.78 Å². The second-order valence-electron chi connectivity index (χ2n) is 4.95. The standard InChI is InChI=1S/C16H14F2N2O/c1-9-4-3-5-15(10(9)2)21-8-16-19-13-6-11(17)12(18)7-14(13)20-16/h3-7H,8H2,1-2H3,(H,19,20). The van der Waals surface area contributed by atoms with Gasteiger partial charge >= 0.3 is 0 Å². The van der Waals surface area contributed by atoms with E-state index >= 15 is 0 Å². The molecule has 0 radical (unpaired) electrons. The Morgan fingerprint density at radius 1 is 1.14 bits per heavy atom. The quantitative estimate of drug-likeness (QED) is 0.790. The number of aryl methyl sites for hydroxylation is 1. The van der Waals surface area contributed by atoms with E-state index in [0.29, 0.717) is 16.9 Å². The summed E-state index contributed by atoms with van der Waals surface area (Å²) >= 11 is 0. The van der Waals surface area contributed by atoms with Gasteiger partial charge in [-0.1, -0.05) is 12.1 Å². The molecule has 0 aliphatic carbocycles. The minimum Gasteiger partial charge on any atom is -0.485 e. The predicted octanol–water partition coefficient (Wildman–Crippen LogP) is 4.04. The fourth-order valence-corrected chi connectivity index (χ4v) is 2.15. The normalized spacial score (nSPS) is 11.0. The van der Waals surface area contributed by atoms with E-state index in [1.807, 2.05) is 32.0 Å². The van der Waals surface area contributed by atoms with Gasteiger partial charge in [-0.15, -0.1) is 0 Å². The third-order valence-corrected chi connectivity index (χ3v) is 3.49. The monoisotopic (exact) mass is 288 g/mol. The van der Waals surface area contributed by atoms with Crippen LogP contribution in [0.5, 0.6) is 5.75 Å². The molecule has 0 fully saturated rings. The summed E-state index contributed by atoms with van der Waals surface area (Å²) < 4.78 is 32.0. The number of hydrogen-bond acceptors (Lipinski definition) is 2. The van der Waals surface area contributed by atoms with E-state index in [9.17, 15) is 8.78 Å². The van der Waals surface area contributed by atoms with Crippen LogP contribution in [0.1, 0.15) is 17.0 Å². The first-order chi connectivity index (χ1) is 10.0. The van der Waals surface area contributed by atoms with Gasteiger partial charge in [-0.05, 0) is 31.0 Å². The van der Waals surface area contributed by atoms with E-state index in [2.05, 4.69) is 9.97 Å². The Bertz CT molecular complexity index is 772. The molecule has 1 N–H and O–H groups in total. The minimum absolute atomic E-state index is 0.211. The Hall–Kier alpha value is -2.43. The number of hydrogen-bond donors (Lipinski definition) is 1. The molecule has 2 aromatic carbocycles. The third kappa shape index (κ3) is 2.59. The maximum Gasteiger partial charge on any atom is 0.161 e. The zero-order valence-electron chi connectivity index (χ0n) is 11.7. The van der Waals surface area contributed by atoms with Gasteiger partial charge < -0.3 is 9.72 Å². The highest BCUT2D eigenvalue weighted by atomic mass is 19.2. The average molecular weight is 288 g/mol. The van der Waals surface area contributed by atoms with E-state index in [4.69, 9.17) is 4.74 Å². The summed E-state index contributed by atoms with van der Waals surface area (Å²) in [6, 6.07) is 7.97. The molecule has 0 saturated heterocycles. The van der Waals surface area contributed by atoms with E-state index in [-0.39, 0.29) is 6.61 Å². The van der Waals surface area contributed by atoms with Crippen molar-refractivity contribution in [3.05, 3.63) is 58.9 Å². The highest BCUT2D eigenvalue weighted by Gasteiger charge is 2.09. The molecule has 0 aliphatic heterocycles. The van der Waals surface area contributed by atoms with Gasteiger partial charge in [0.05, 0.1) is 11.0 Å². The van der Waals surface area contributed by atoms with Crippen LogP contribution in [-0.2, 0) is 6.61 Å². The van der Waals surface area contributed by atoms with Crippen LogP contribution in [0.2, 0.25) is 0 Å². The zero-order valence-corrected chi connectivity index (χ0v) is 11.7. The number of aromatic amines is 1. The minimum atomic E-state index is -0.906. The number of aromatic nitrogens is 2. The molecular formula is C16H14F2N2O. The molecule has 0 bridgehead atoms. The van der Waals surface area contributed by atoms with E-state index in [1.165, 1.54) is 0 Å². The fourth-order valence-electron chi connectivity index (χ4n) is 2.15. The van der Waals surface area contributed by atoms with Crippen molar-refractivity contribution >= 4 is 11.0 Å². The van der Waals surface area contributed by atoms with Gasteiger partial charge in [0, 0.05) is 12.1 Å². The maximum absolute atomic E-state index is 13.2. The lowest BCUT2D eigenvalue weighted by Gasteiger charge is -2.09. The van der Waals surface area contributed by atoms with Crippen LogP contribution >= 0.6 is 0 Å². The maximum atomic E-state index is 13.2. The molecule has 3 nitrogen and oxygen atoms in total. The van der Waals surface area contributed by atoms with Crippen LogP contribution < -0.4 is 4.74 Å². The number of rotatable bonds is 3. The summed E-state index contributed by atoms with van der Waals surface area (Å²) in [6.45, 7) is 4.20. The van der Waals surface area contributed by atoms with Crippen LogP contribution in [0.25, 0.3) is 11.0 Å². The summed E-state index contributed by atoms with van der Waals surface area (Å²) in [5.41, 5.74) is 3.04. The van der Waals surface area contributed by atoms with Gasteiger partial charge in [0.1, 0.15) is 18.2 Å². The topological polar surface area (TPSA) is 37.9 Å². The Morgan fingerprint density at radius 3 is 2.71 bits per heavy atom. The molecule has 0 saturated carbocycles. The van der Waals surface area contributed by atoms with Gasteiger partial charge in [0.2, 0.25) is 0 Å². The Labute approximate surface area is 120 Å². The molecule has 3 aromatic rings. The highest BCUT2D eigenvalue weighted by Crippen LogP contribution is 2.22. The van der Waals surface area contributed by atoms with Crippen LogP contribution in [-0.4, -0.2) is 9.97 Å². The number of ether oxygens (including phenoxy) is 1. The number of benzene rings is 2. The average Bonchev–Trinajstić information content (AvgIpc) is 2.83. The second kappa shape index (κ2) is 5.16. The summed E-state index contributed by atoms with van der Waals surface area (Å²) in [5.74, 6) is -0.507. The SMILES string of the molecule is Cc1cccc(OCc2nc3cc(F)c(F)cc3[nH]2)c1C. The summed E-state index contributed by atoms with van der Waals surface area (Å²) in [7, 11) is 0. The number of halogens is 2. The van der Waals surface area contributed by atoms with E-state index in [1.54, 1.807) is 0 Å². The first-order valence-electron chi connectivity index (χ1n) is 6.57. The molecule has 1 heterocycles. The summed E-state index contributed by atoms with van der Waals surface area (Å²) in [6.07, 6.45) is 0. The fraction of sp³-hybridized carbons (Fsp3) is 0.188. The second-order valence-corrected chi connectivity index (χ2v) is 4.95. The largest absolute Gasteiger partial charge is 0.485 e. The third-order valence-electron chi connectivity index (χ3n) is 3.49. The first-order valence-corrected chi connectivity index (χ1v) is 6.57. The van der Waals surface area contributed by atoms with Crippen molar-refractivity contribution in [1.82, 2.24) is 9.97 Å². The van der Waals surface area contributed by atoms with Gasteiger partial charge in [-0.25, -0.2) is 13.8 Å². The van der Waals surface area contributed by atoms with Crippen molar-refractivity contribution in [2.45, 2.75) is 20.5 Å². The number of imidazole rings is 1. The van der Waals surface area contributed by atoms with Crippen LogP contribution in [0, 0.1) is 25.5 Å². The molecule has 3 rings (SSSR count). The lowest BCUT2D eigenvalue weighted by atomic mass is 10.1. The molecule has 21 heavy (non-hydrogen) atoms. The lowest BCUT2D eigenvalue weighted by Crippen LogP contribution is -1.99. The number of nitrogens with zero attached hydrogens (tertiary/aromatic N) is 1. The van der Waals surface area contributed by atoms with E-state index in [0.717, 1.165) is 29.0 Å². The molecule has 0 spiro atoms. The Morgan fingerprint density at radius 2 is 1.90 bits per heavy atom. The zero-order chi connectivity index (χ0) is 15.0. The number of nitrogens with one attached hydrogen (secondary N) is 1. The van der Waals surface area contributed by atoms with Crippen LogP contribution in [0.3, 0.4) is 0 Å². The molecule has 0 unspecified atom stereocenters. The summed E-state index contributed by atoms with van der Waals surface area (Å²) in [5, 5.41) is 0. The Kier molecular flexibility index (Phi) is 3.33. The molecule has 108 valence electrons. The van der Waals surface area contributed by atoms with Crippen LogP contribution in [0.15, 0.2) is 30.3 Å². The molecule has 0 atom stereocenters. The van der Waals surface area contributed by atoms with Gasteiger partial charge in [-0.3, -0.25) is 0 Å². The van der Waals surface area contributed by atoms with Crippen molar-refractivity contribution in [2.24, 2.45) is 0 Å². The van der Waals surface area contributed by atoms with Crippen molar-refractivity contribution in [3.8, 4) is 5.75 Å².